The molecule has 38 heavy (non-hydrogen) atoms. The van der Waals surface area contributed by atoms with E-state index in [1.54, 1.807) is 27.8 Å². The number of carbonyl (C=O) groups is 2. The normalized spacial score (nSPS) is 17.2. The van der Waals surface area contributed by atoms with Crippen molar-refractivity contribution in [2.24, 2.45) is 0 Å². The molecule has 12 heteroatoms. The lowest BCUT2D eigenvalue weighted by Gasteiger charge is -2.34. The number of carbonyl (C=O) groups excluding carboxylic acids is 2. The number of nitrogens with zero attached hydrogens (tertiary/aromatic N) is 5. The Balaban J connectivity index is 1.44. The number of alkyl halides is 3. The number of hydrogen-bond acceptors (Lipinski definition) is 4. The van der Waals surface area contributed by atoms with Gasteiger partial charge < -0.3 is 9.80 Å². The van der Waals surface area contributed by atoms with Gasteiger partial charge in [-0.05, 0) is 42.8 Å². The smallest absolute Gasteiger partial charge is 0.331 e. The third-order valence-electron chi connectivity index (χ3n) is 6.89. The molecule has 0 radical (unpaired) electrons. The molecule has 2 aliphatic rings. The Morgan fingerprint density at radius 1 is 1.16 bits per heavy atom. The van der Waals surface area contributed by atoms with Gasteiger partial charge >= 0.3 is 6.18 Å². The number of aromatic nitrogens is 2. The highest BCUT2D eigenvalue weighted by Crippen LogP contribution is 2.35. The summed E-state index contributed by atoms with van der Waals surface area (Å²) in [5.41, 5.74) is 0.738. The molecule has 196 valence electrons. The molecule has 2 aromatic carbocycles. The van der Waals surface area contributed by atoms with Crippen molar-refractivity contribution in [1.29, 1.82) is 5.26 Å². The molecule has 2 aliphatic heterocycles. The standard InChI is InChI=1S/C26H20Cl2F3N5O2/c1-14-8-22-18(13-35(14)24(37)16-4-5-20(27)21(28)10-16)23-25(38)34(6-7-36(23)33-22)12-17-3-2-15(11-32)9-19(17)26(29,30)31/h2-5,9-10,14H,6-8,12-13H2,1H3/t14-/m1/s1. The van der Waals surface area contributed by atoms with E-state index in [1.807, 2.05) is 6.92 Å². The third-order valence-corrected chi connectivity index (χ3v) is 7.63. The SMILES string of the molecule is C[C@@H]1Cc2nn3c(c2CN1C(=O)c1ccc(Cl)c(Cl)c1)C(=O)N(Cc1ccc(C#N)cc1C(F)(F)F)CC3. The van der Waals surface area contributed by atoms with Crippen LogP contribution in [0.4, 0.5) is 13.2 Å². The lowest BCUT2D eigenvalue weighted by Crippen LogP contribution is -2.44. The first-order chi connectivity index (χ1) is 18.0. The van der Waals surface area contributed by atoms with Gasteiger partial charge in [0.25, 0.3) is 11.8 Å². The first-order valence-corrected chi connectivity index (χ1v) is 12.5. The molecule has 0 N–H and O–H groups in total. The maximum atomic E-state index is 13.7. The van der Waals surface area contributed by atoms with Crippen molar-refractivity contribution in [3.8, 4) is 6.07 Å². The third kappa shape index (κ3) is 4.61. The number of amides is 2. The van der Waals surface area contributed by atoms with Crippen molar-refractivity contribution in [2.45, 2.75) is 45.2 Å². The number of benzene rings is 2. The Labute approximate surface area is 225 Å². The van der Waals surface area contributed by atoms with E-state index in [9.17, 15) is 22.8 Å². The van der Waals surface area contributed by atoms with Crippen LogP contribution in [0, 0.1) is 11.3 Å². The Bertz CT molecular complexity index is 1510. The Hall–Kier alpha value is -3.55. The van der Waals surface area contributed by atoms with Crippen molar-refractivity contribution < 1.29 is 22.8 Å². The molecule has 7 nitrogen and oxygen atoms in total. The highest BCUT2D eigenvalue weighted by Gasteiger charge is 2.39. The number of nitriles is 1. The maximum absolute atomic E-state index is 13.7. The zero-order valence-corrected chi connectivity index (χ0v) is 21.5. The van der Waals surface area contributed by atoms with E-state index in [4.69, 9.17) is 28.5 Å². The molecule has 0 fully saturated rings. The zero-order valence-electron chi connectivity index (χ0n) is 20.0. The van der Waals surface area contributed by atoms with Crippen LogP contribution in [-0.2, 0) is 32.2 Å². The number of halogens is 5. The summed E-state index contributed by atoms with van der Waals surface area (Å²) in [5.74, 6) is -0.742. The number of hydrogen-bond donors (Lipinski definition) is 0. The largest absolute Gasteiger partial charge is 0.416 e. The van der Waals surface area contributed by atoms with Gasteiger partial charge in [0.15, 0.2) is 0 Å². The van der Waals surface area contributed by atoms with Gasteiger partial charge in [-0.2, -0.15) is 23.5 Å². The Morgan fingerprint density at radius 3 is 2.61 bits per heavy atom. The van der Waals surface area contributed by atoms with Gasteiger partial charge in [0.1, 0.15) is 5.69 Å². The van der Waals surface area contributed by atoms with Crippen LogP contribution in [0.2, 0.25) is 10.0 Å². The van der Waals surface area contributed by atoms with E-state index < -0.39 is 17.6 Å². The van der Waals surface area contributed by atoms with E-state index in [1.165, 1.54) is 23.1 Å². The predicted molar refractivity (Wildman–Crippen MR) is 133 cm³/mol. The van der Waals surface area contributed by atoms with Crippen LogP contribution in [0.1, 0.15) is 55.7 Å². The van der Waals surface area contributed by atoms with Crippen molar-refractivity contribution in [3.63, 3.8) is 0 Å². The fourth-order valence-corrected chi connectivity index (χ4v) is 5.23. The summed E-state index contributed by atoms with van der Waals surface area (Å²) in [4.78, 5) is 29.8. The zero-order chi connectivity index (χ0) is 27.4. The van der Waals surface area contributed by atoms with E-state index in [-0.39, 0.29) is 53.4 Å². The first-order valence-electron chi connectivity index (χ1n) is 11.7. The first kappa shape index (κ1) is 26.1. The quantitative estimate of drug-likeness (QED) is 0.433. The predicted octanol–water partition coefficient (Wildman–Crippen LogP) is 5.32. The van der Waals surface area contributed by atoms with Crippen LogP contribution in [-0.4, -0.2) is 44.0 Å². The molecular formula is C26H20Cl2F3N5O2. The molecule has 0 aliphatic carbocycles. The Morgan fingerprint density at radius 2 is 1.92 bits per heavy atom. The number of rotatable bonds is 3. The minimum Gasteiger partial charge on any atom is -0.331 e. The van der Waals surface area contributed by atoms with Crippen LogP contribution in [0.25, 0.3) is 0 Å². The molecule has 1 aromatic heterocycles. The van der Waals surface area contributed by atoms with E-state index in [0.29, 0.717) is 34.8 Å². The van der Waals surface area contributed by atoms with E-state index in [2.05, 4.69) is 5.10 Å². The van der Waals surface area contributed by atoms with Crippen LogP contribution in [0.5, 0.6) is 0 Å². The molecule has 0 bridgehead atoms. The highest BCUT2D eigenvalue weighted by molar-refractivity contribution is 6.42. The van der Waals surface area contributed by atoms with Crippen molar-refractivity contribution >= 4 is 35.0 Å². The van der Waals surface area contributed by atoms with Crippen LogP contribution >= 0.6 is 23.2 Å². The average Bonchev–Trinajstić information content (AvgIpc) is 3.23. The molecule has 0 saturated carbocycles. The molecule has 0 spiro atoms. The van der Waals surface area contributed by atoms with Gasteiger partial charge in [0, 0.05) is 36.7 Å². The van der Waals surface area contributed by atoms with Crippen molar-refractivity contribution in [3.05, 3.63) is 85.6 Å². The summed E-state index contributed by atoms with van der Waals surface area (Å²) in [7, 11) is 0. The van der Waals surface area contributed by atoms with Gasteiger partial charge in [-0.3, -0.25) is 14.3 Å². The van der Waals surface area contributed by atoms with Gasteiger partial charge in [-0.1, -0.05) is 29.3 Å². The van der Waals surface area contributed by atoms with Crippen molar-refractivity contribution in [2.75, 3.05) is 6.54 Å². The lowest BCUT2D eigenvalue weighted by atomic mass is 9.97. The maximum Gasteiger partial charge on any atom is 0.416 e. The van der Waals surface area contributed by atoms with Crippen LogP contribution < -0.4 is 0 Å². The summed E-state index contributed by atoms with van der Waals surface area (Å²) in [6.45, 7) is 2.21. The second-order valence-electron chi connectivity index (χ2n) is 9.32. The van der Waals surface area contributed by atoms with Gasteiger partial charge in [0.05, 0.1) is 46.0 Å². The van der Waals surface area contributed by atoms with E-state index in [0.717, 1.165) is 6.07 Å². The summed E-state index contributed by atoms with van der Waals surface area (Å²) < 4.78 is 42.7. The monoisotopic (exact) mass is 561 g/mol. The van der Waals surface area contributed by atoms with Gasteiger partial charge in [0.2, 0.25) is 0 Å². The fourth-order valence-electron chi connectivity index (χ4n) is 4.93. The second kappa shape index (κ2) is 9.64. The Kier molecular flexibility index (Phi) is 6.61. The molecular weight excluding hydrogens is 542 g/mol. The molecule has 0 unspecified atom stereocenters. The molecule has 5 rings (SSSR count). The van der Waals surface area contributed by atoms with Gasteiger partial charge in [-0.25, -0.2) is 0 Å². The fraction of sp³-hybridized carbons (Fsp3) is 0.308. The second-order valence-corrected chi connectivity index (χ2v) is 10.1. The van der Waals surface area contributed by atoms with Crippen LogP contribution in [0.3, 0.4) is 0 Å². The van der Waals surface area contributed by atoms with E-state index >= 15 is 0 Å². The molecule has 2 amide bonds. The summed E-state index contributed by atoms with van der Waals surface area (Å²) in [5, 5.41) is 14.2. The summed E-state index contributed by atoms with van der Waals surface area (Å²) in [6.07, 6.45) is -4.26. The molecule has 3 aromatic rings. The lowest BCUT2D eigenvalue weighted by molar-refractivity contribution is -0.138. The number of fused-ring (bicyclic) bond motifs is 3. The molecule has 1 atom stereocenters. The summed E-state index contributed by atoms with van der Waals surface area (Å²) in [6, 6.07) is 9.45. The topological polar surface area (TPSA) is 82.2 Å². The van der Waals surface area contributed by atoms with Crippen LogP contribution in [0.15, 0.2) is 36.4 Å². The summed E-state index contributed by atoms with van der Waals surface area (Å²) >= 11 is 12.1. The molecule has 0 saturated heterocycles. The minimum atomic E-state index is -4.68. The highest BCUT2D eigenvalue weighted by atomic mass is 35.5. The van der Waals surface area contributed by atoms with Gasteiger partial charge in [-0.15, -0.1) is 0 Å². The van der Waals surface area contributed by atoms with Crippen molar-refractivity contribution in [1.82, 2.24) is 19.6 Å². The average molecular weight is 562 g/mol. The minimum absolute atomic E-state index is 0.100. The molecule has 3 heterocycles.